The number of hydrogen-bond donors (Lipinski definition) is 4. The number of aromatic hydroxyl groups is 1. The molecule has 0 aromatic heterocycles. The summed E-state index contributed by atoms with van der Waals surface area (Å²) in [5, 5.41) is 16.6. The van der Waals surface area contributed by atoms with Gasteiger partial charge in [-0.25, -0.2) is 4.79 Å². The number of amides is 3. The van der Waals surface area contributed by atoms with Crippen LogP contribution in [0, 0.1) is 0 Å². The third kappa shape index (κ3) is 8.74. The number of methoxy groups -OCH3 is 1. The van der Waals surface area contributed by atoms with Gasteiger partial charge in [0.05, 0.1) is 13.7 Å². The lowest BCUT2D eigenvalue weighted by molar-refractivity contribution is -0.141. The van der Waals surface area contributed by atoms with Crippen LogP contribution in [0.2, 0.25) is 0 Å². The van der Waals surface area contributed by atoms with E-state index in [4.69, 9.17) is 4.74 Å². The molecular formula is C22H25N3O7. The smallest absolute Gasteiger partial charge is 0.408 e. The van der Waals surface area contributed by atoms with Crippen LogP contribution in [0.1, 0.15) is 11.1 Å². The summed E-state index contributed by atoms with van der Waals surface area (Å²) in [6.07, 6.45) is -0.709. The van der Waals surface area contributed by atoms with E-state index < -0.39 is 36.5 Å². The van der Waals surface area contributed by atoms with Crippen molar-refractivity contribution >= 4 is 23.9 Å². The molecule has 0 spiro atoms. The monoisotopic (exact) mass is 443 g/mol. The first kappa shape index (κ1) is 24.2. The SMILES string of the molecule is COC(=O)CNC(=O)CNC(=O)[C@@H](Cc1ccc(O)cc1)NC(=O)OCc1ccccc1. The number of benzene rings is 2. The Hall–Kier alpha value is -4.08. The van der Waals surface area contributed by atoms with Crippen molar-refractivity contribution in [2.45, 2.75) is 19.1 Å². The number of esters is 1. The van der Waals surface area contributed by atoms with Gasteiger partial charge in [0.1, 0.15) is 24.9 Å². The van der Waals surface area contributed by atoms with E-state index in [-0.39, 0.29) is 25.3 Å². The lowest BCUT2D eigenvalue weighted by Crippen LogP contribution is -2.50. The van der Waals surface area contributed by atoms with Crippen molar-refractivity contribution in [3.8, 4) is 5.75 Å². The average Bonchev–Trinajstić information content (AvgIpc) is 2.81. The molecule has 0 radical (unpaired) electrons. The molecule has 0 unspecified atom stereocenters. The maximum atomic E-state index is 12.6. The van der Waals surface area contributed by atoms with Crippen LogP contribution in [0.5, 0.6) is 5.75 Å². The largest absolute Gasteiger partial charge is 0.508 e. The summed E-state index contributed by atoms with van der Waals surface area (Å²) in [4.78, 5) is 47.7. The molecule has 0 aliphatic rings. The summed E-state index contributed by atoms with van der Waals surface area (Å²) in [6, 6.07) is 14.1. The van der Waals surface area contributed by atoms with Crippen LogP contribution >= 0.6 is 0 Å². The molecule has 2 rings (SSSR count). The van der Waals surface area contributed by atoms with Gasteiger partial charge < -0.3 is 30.5 Å². The van der Waals surface area contributed by atoms with Crippen molar-refractivity contribution in [2.24, 2.45) is 0 Å². The number of nitrogens with one attached hydrogen (secondary N) is 3. The van der Waals surface area contributed by atoms with Gasteiger partial charge in [-0.05, 0) is 23.3 Å². The summed E-state index contributed by atoms with van der Waals surface area (Å²) in [5.41, 5.74) is 1.45. The van der Waals surface area contributed by atoms with Crippen LogP contribution in [0.3, 0.4) is 0 Å². The van der Waals surface area contributed by atoms with E-state index >= 15 is 0 Å². The van der Waals surface area contributed by atoms with Crippen molar-refractivity contribution < 1.29 is 33.8 Å². The number of phenolic OH excluding ortho intramolecular Hbond substituents is 1. The highest BCUT2D eigenvalue weighted by atomic mass is 16.5. The Kier molecular flexibility index (Phi) is 9.51. The molecule has 0 saturated heterocycles. The van der Waals surface area contributed by atoms with Gasteiger partial charge >= 0.3 is 12.1 Å². The van der Waals surface area contributed by atoms with Crippen molar-refractivity contribution in [1.82, 2.24) is 16.0 Å². The molecule has 0 aliphatic heterocycles. The second kappa shape index (κ2) is 12.6. The first-order valence-electron chi connectivity index (χ1n) is 9.73. The standard InChI is InChI=1S/C22H25N3O7/c1-31-20(28)13-23-19(27)12-24-21(29)18(11-15-7-9-17(26)10-8-15)25-22(30)32-14-16-5-3-2-4-6-16/h2-10,18,26H,11-14H2,1H3,(H,23,27)(H,24,29)(H,25,30)/t18-/m1/s1. The Morgan fingerprint density at radius 2 is 1.59 bits per heavy atom. The van der Waals surface area contributed by atoms with E-state index in [9.17, 15) is 24.3 Å². The lowest BCUT2D eigenvalue weighted by atomic mass is 10.1. The Labute approximate surface area is 184 Å². The third-order valence-corrected chi connectivity index (χ3v) is 4.28. The maximum Gasteiger partial charge on any atom is 0.408 e. The minimum Gasteiger partial charge on any atom is -0.508 e. The zero-order valence-electron chi connectivity index (χ0n) is 17.5. The van der Waals surface area contributed by atoms with Crippen molar-refractivity contribution in [1.29, 1.82) is 0 Å². The van der Waals surface area contributed by atoms with E-state index in [1.54, 1.807) is 24.3 Å². The predicted molar refractivity (Wildman–Crippen MR) is 113 cm³/mol. The number of carbonyl (C=O) groups excluding carboxylic acids is 4. The molecule has 170 valence electrons. The Morgan fingerprint density at radius 1 is 0.906 bits per heavy atom. The molecule has 10 nitrogen and oxygen atoms in total. The van der Waals surface area contributed by atoms with Crippen LogP contribution in [0.15, 0.2) is 54.6 Å². The van der Waals surface area contributed by atoms with Gasteiger partial charge in [0, 0.05) is 6.42 Å². The second-order valence-corrected chi connectivity index (χ2v) is 6.70. The van der Waals surface area contributed by atoms with E-state index in [0.717, 1.165) is 5.56 Å². The van der Waals surface area contributed by atoms with E-state index in [2.05, 4.69) is 20.7 Å². The van der Waals surface area contributed by atoms with Gasteiger partial charge in [0.15, 0.2) is 0 Å². The van der Waals surface area contributed by atoms with Gasteiger partial charge in [-0.3, -0.25) is 14.4 Å². The van der Waals surface area contributed by atoms with Crippen molar-refractivity contribution in [3.63, 3.8) is 0 Å². The molecule has 3 amide bonds. The molecule has 32 heavy (non-hydrogen) atoms. The fourth-order valence-corrected chi connectivity index (χ4v) is 2.58. The van der Waals surface area contributed by atoms with Crippen LogP contribution in [-0.4, -0.2) is 55.2 Å². The lowest BCUT2D eigenvalue weighted by Gasteiger charge is -2.18. The molecule has 2 aromatic rings. The third-order valence-electron chi connectivity index (χ3n) is 4.28. The average molecular weight is 443 g/mol. The first-order valence-corrected chi connectivity index (χ1v) is 9.73. The molecule has 4 N–H and O–H groups in total. The number of hydrogen-bond acceptors (Lipinski definition) is 7. The van der Waals surface area contributed by atoms with Crippen molar-refractivity contribution in [2.75, 3.05) is 20.2 Å². The molecule has 10 heteroatoms. The van der Waals surface area contributed by atoms with Gasteiger partial charge in [0.25, 0.3) is 0 Å². The molecule has 2 aromatic carbocycles. The minimum atomic E-state index is -1.05. The van der Waals surface area contributed by atoms with Crippen LogP contribution < -0.4 is 16.0 Å². The number of carbonyl (C=O) groups is 4. The second-order valence-electron chi connectivity index (χ2n) is 6.70. The van der Waals surface area contributed by atoms with Crippen molar-refractivity contribution in [3.05, 3.63) is 65.7 Å². The van der Waals surface area contributed by atoms with E-state index in [1.807, 2.05) is 18.2 Å². The van der Waals surface area contributed by atoms with Gasteiger partial charge in [-0.15, -0.1) is 0 Å². The summed E-state index contributed by atoms with van der Waals surface area (Å²) in [6.45, 7) is -0.703. The van der Waals surface area contributed by atoms with Crippen LogP contribution in [0.4, 0.5) is 4.79 Å². The Morgan fingerprint density at radius 3 is 2.25 bits per heavy atom. The highest BCUT2D eigenvalue weighted by Gasteiger charge is 2.23. The molecule has 0 saturated carbocycles. The normalized spacial score (nSPS) is 11.0. The number of ether oxygens (including phenoxy) is 2. The molecule has 0 heterocycles. The minimum absolute atomic E-state index is 0.0240. The fraction of sp³-hybridized carbons (Fsp3) is 0.273. The quantitative estimate of drug-likeness (QED) is 0.395. The molecule has 0 fully saturated rings. The number of alkyl carbamates (subject to hydrolysis) is 1. The number of phenols is 1. The van der Waals surface area contributed by atoms with Gasteiger partial charge in [0.2, 0.25) is 11.8 Å². The van der Waals surface area contributed by atoms with Crippen LogP contribution in [-0.2, 0) is 36.9 Å². The van der Waals surface area contributed by atoms with Crippen LogP contribution in [0.25, 0.3) is 0 Å². The molecular weight excluding hydrogens is 418 g/mol. The highest BCUT2D eigenvalue weighted by Crippen LogP contribution is 2.12. The summed E-state index contributed by atoms with van der Waals surface area (Å²) < 4.78 is 9.59. The van der Waals surface area contributed by atoms with Gasteiger partial charge in [-0.2, -0.15) is 0 Å². The zero-order chi connectivity index (χ0) is 23.3. The summed E-state index contributed by atoms with van der Waals surface area (Å²) in [5.74, 6) is -1.79. The van der Waals surface area contributed by atoms with E-state index in [1.165, 1.54) is 19.2 Å². The summed E-state index contributed by atoms with van der Waals surface area (Å²) in [7, 11) is 1.19. The first-order chi connectivity index (χ1) is 15.4. The topological polar surface area (TPSA) is 143 Å². The van der Waals surface area contributed by atoms with Gasteiger partial charge in [-0.1, -0.05) is 42.5 Å². The molecule has 0 bridgehead atoms. The van der Waals surface area contributed by atoms with E-state index in [0.29, 0.717) is 5.56 Å². The summed E-state index contributed by atoms with van der Waals surface area (Å²) >= 11 is 0. The highest BCUT2D eigenvalue weighted by molar-refractivity contribution is 5.90. The Balaban J connectivity index is 1.95. The maximum absolute atomic E-state index is 12.6. The fourth-order valence-electron chi connectivity index (χ4n) is 2.58. The number of rotatable bonds is 10. The molecule has 0 aliphatic carbocycles. The Bertz CT molecular complexity index is 917. The molecule has 1 atom stereocenters. The predicted octanol–water partition coefficient (Wildman–Crippen LogP) is 0.635. The zero-order valence-corrected chi connectivity index (χ0v) is 17.5.